The van der Waals surface area contributed by atoms with Crippen LogP contribution in [0.2, 0.25) is 0 Å². The van der Waals surface area contributed by atoms with Crippen molar-refractivity contribution in [2.75, 3.05) is 40.3 Å². The van der Waals surface area contributed by atoms with Crippen LogP contribution in [0, 0.1) is 5.41 Å². The first-order chi connectivity index (χ1) is 15.5. The normalized spacial score (nSPS) is 23.1. The summed E-state index contributed by atoms with van der Waals surface area (Å²) in [5.74, 6) is -2.45. The second-order valence-corrected chi connectivity index (χ2v) is 8.95. The first kappa shape index (κ1) is 24.1. The van der Waals surface area contributed by atoms with Gasteiger partial charge in [0.05, 0.1) is 11.8 Å². The molecule has 0 saturated carbocycles. The molecule has 2 saturated heterocycles. The number of hydrogen-bond acceptors (Lipinski definition) is 8. The maximum atomic E-state index is 12.8. The van der Waals surface area contributed by atoms with E-state index in [0.717, 1.165) is 0 Å². The van der Waals surface area contributed by atoms with Gasteiger partial charge in [-0.25, -0.2) is 4.79 Å². The molecule has 180 valence electrons. The van der Waals surface area contributed by atoms with Gasteiger partial charge in [0, 0.05) is 58.9 Å². The fourth-order valence-corrected chi connectivity index (χ4v) is 3.73. The number of piperazine rings is 1. The molecule has 0 aromatic heterocycles. The van der Waals surface area contributed by atoms with Crippen molar-refractivity contribution in [3.05, 3.63) is 0 Å². The highest BCUT2D eigenvalue weighted by atomic mass is 16.7. The molecule has 0 aromatic rings. The van der Waals surface area contributed by atoms with Gasteiger partial charge in [-0.15, -0.1) is 5.06 Å². The van der Waals surface area contributed by atoms with Gasteiger partial charge in [-0.2, -0.15) is 0 Å². The molecule has 0 spiro atoms. The molecular weight excluding hydrogens is 418 g/mol. The Morgan fingerprint density at radius 3 is 2.31 bits per heavy atom. The summed E-state index contributed by atoms with van der Waals surface area (Å²) < 4.78 is 7.83. The van der Waals surface area contributed by atoms with Gasteiger partial charge in [0.2, 0.25) is 11.8 Å². The van der Waals surface area contributed by atoms with Gasteiger partial charge in [0.15, 0.2) is 0 Å². The van der Waals surface area contributed by atoms with Gasteiger partial charge in [0.25, 0.3) is 11.8 Å². The third kappa shape index (κ3) is 6.49. The summed E-state index contributed by atoms with van der Waals surface area (Å²) in [4.78, 5) is 68.3. The Hall–Kier alpha value is -2.53. The molecule has 2 fully saturated rings. The Balaban J connectivity index is 1.70. The summed E-state index contributed by atoms with van der Waals surface area (Å²) in [7, 11) is 2.12. The van der Waals surface area contributed by atoms with Crippen LogP contribution in [-0.2, 0) is 28.8 Å². The van der Waals surface area contributed by atoms with E-state index in [-0.39, 0.29) is 63.7 Å². The minimum atomic E-state index is -0.792. The Morgan fingerprint density at radius 2 is 1.69 bits per heavy atom. The van der Waals surface area contributed by atoms with E-state index in [1.165, 1.54) is 0 Å². The Labute approximate surface area is 190 Å². The van der Waals surface area contributed by atoms with Crippen LogP contribution < -0.4 is 10.6 Å². The number of carbonyl (C=O) groups is 5. The average molecular weight is 455 g/mol. The monoisotopic (exact) mass is 454 g/mol. The van der Waals surface area contributed by atoms with Crippen LogP contribution in [0.5, 0.6) is 0 Å². The van der Waals surface area contributed by atoms with Crippen molar-refractivity contribution < 1.29 is 30.2 Å². The molecular formula is C21H35N5O6. The predicted molar refractivity (Wildman–Crippen MR) is 115 cm³/mol. The van der Waals surface area contributed by atoms with Crippen molar-refractivity contribution in [2.24, 2.45) is 5.41 Å². The van der Waals surface area contributed by atoms with E-state index < -0.39 is 23.2 Å². The third-order valence-corrected chi connectivity index (χ3v) is 6.06. The fraction of sp³-hybridized carbons (Fsp3) is 0.762. The molecule has 11 nitrogen and oxygen atoms in total. The highest BCUT2D eigenvalue weighted by Gasteiger charge is 2.42. The van der Waals surface area contributed by atoms with E-state index in [9.17, 15) is 24.0 Å². The molecule has 32 heavy (non-hydrogen) atoms. The molecule has 2 heterocycles. The number of rotatable bonds is 9. The van der Waals surface area contributed by atoms with E-state index in [2.05, 4.69) is 22.5 Å². The number of hydroxylamine groups is 2. The molecule has 2 aliphatic heterocycles. The molecule has 2 N–H and O–H groups in total. The van der Waals surface area contributed by atoms with Crippen LogP contribution in [0.1, 0.15) is 47.8 Å². The summed E-state index contributed by atoms with van der Waals surface area (Å²) in [5, 5.41) is 5.81. The minimum Gasteiger partial charge on any atom is -0.355 e. The van der Waals surface area contributed by atoms with Gasteiger partial charge in [0.1, 0.15) is 0 Å². The Kier molecular flexibility index (Phi) is 8.19. The Bertz CT molecular complexity index is 760. The van der Waals surface area contributed by atoms with E-state index >= 15 is 0 Å². The minimum absolute atomic E-state index is 0.0155. The predicted octanol–water partition coefficient (Wildman–Crippen LogP) is -0.733. The number of hydrogen-bond donors (Lipinski definition) is 2. The van der Waals surface area contributed by atoms with Gasteiger partial charge >= 0.3 is 5.97 Å². The highest BCUT2D eigenvalue weighted by molar-refractivity contribution is 6.01. The lowest BCUT2D eigenvalue weighted by Gasteiger charge is -2.48. The molecule has 0 aromatic carbocycles. The highest BCUT2D eigenvalue weighted by Crippen LogP contribution is 2.29. The number of carbonyl (C=O) groups excluding carboxylic acids is 5. The van der Waals surface area contributed by atoms with Crippen LogP contribution in [-0.4, -0.2) is 96.8 Å². The van der Waals surface area contributed by atoms with Crippen LogP contribution in [0.25, 0.3) is 0 Å². The summed E-state index contributed by atoms with van der Waals surface area (Å²) in [5.41, 5.74) is -0.750. The van der Waals surface area contributed by atoms with Crippen molar-refractivity contribution in [2.45, 2.75) is 58.5 Å². The molecule has 2 rings (SSSR count). The third-order valence-electron chi connectivity index (χ3n) is 6.06. The van der Waals surface area contributed by atoms with Crippen molar-refractivity contribution in [3.63, 3.8) is 0 Å². The van der Waals surface area contributed by atoms with Crippen LogP contribution in [0.15, 0.2) is 0 Å². The number of imide groups is 1. The molecule has 0 radical (unpaired) electrons. The zero-order valence-corrected chi connectivity index (χ0v) is 19.3. The lowest BCUT2D eigenvalue weighted by atomic mass is 9.80. The van der Waals surface area contributed by atoms with Crippen molar-refractivity contribution in [1.29, 1.82) is 0 Å². The van der Waals surface area contributed by atoms with Crippen molar-refractivity contribution >= 4 is 29.6 Å². The molecule has 11 heteroatoms. The smallest absolute Gasteiger partial charge is 0.334 e. The summed E-state index contributed by atoms with van der Waals surface area (Å²) in [6.45, 7) is 7.29. The average Bonchev–Trinajstić information content (AvgIpc) is 3.07. The zero-order valence-electron chi connectivity index (χ0n) is 20.3. The standard InChI is InChI=1S/C21H35N5O6/c1-14-12-25(5)15(13-24(14)4)21(2,3)20(31)23-10-8-16(27)22-11-9-19(30)32-26-17(28)6-7-18(26)29/h14-15H,6-13H2,1-5H3,(H,22,27)(H,23,31)/i5D. The van der Waals surface area contributed by atoms with Gasteiger partial charge in [-0.05, 0) is 34.8 Å². The number of amides is 4. The van der Waals surface area contributed by atoms with Gasteiger partial charge in [-0.1, -0.05) is 0 Å². The maximum absolute atomic E-state index is 12.8. The van der Waals surface area contributed by atoms with E-state index in [1.807, 2.05) is 25.8 Å². The van der Waals surface area contributed by atoms with Crippen LogP contribution in [0.4, 0.5) is 0 Å². The second kappa shape index (κ2) is 10.9. The maximum Gasteiger partial charge on any atom is 0.334 e. The first-order valence-electron chi connectivity index (χ1n) is 11.5. The first-order valence-corrected chi connectivity index (χ1v) is 10.8. The van der Waals surface area contributed by atoms with E-state index in [1.54, 1.807) is 0 Å². The largest absolute Gasteiger partial charge is 0.355 e. The van der Waals surface area contributed by atoms with Crippen molar-refractivity contribution in [1.82, 2.24) is 25.5 Å². The molecule has 4 amide bonds. The lowest BCUT2D eigenvalue weighted by Crippen LogP contribution is -2.62. The van der Waals surface area contributed by atoms with Crippen LogP contribution >= 0.6 is 0 Å². The van der Waals surface area contributed by atoms with E-state index in [0.29, 0.717) is 24.2 Å². The molecule has 2 aliphatic rings. The zero-order chi connectivity index (χ0) is 24.8. The van der Waals surface area contributed by atoms with Crippen LogP contribution in [0.3, 0.4) is 0 Å². The summed E-state index contributed by atoms with van der Waals surface area (Å²) in [6.07, 6.45) is -0.130. The Morgan fingerprint density at radius 1 is 1.06 bits per heavy atom. The second-order valence-electron chi connectivity index (χ2n) is 8.95. The quantitative estimate of drug-likeness (QED) is 0.436. The molecule has 0 bridgehead atoms. The molecule has 0 aliphatic carbocycles. The number of likely N-dealkylation sites (N-methyl/N-ethyl adjacent to an activating group) is 2. The summed E-state index contributed by atoms with van der Waals surface area (Å²) >= 11 is 0. The summed E-state index contributed by atoms with van der Waals surface area (Å²) in [6, 6.07) is 0.188. The van der Waals surface area contributed by atoms with Gasteiger partial charge in [-0.3, -0.25) is 24.1 Å². The lowest BCUT2D eigenvalue weighted by molar-refractivity contribution is -0.197. The SMILES string of the molecule is [2H]CN1CC(C)N(C)CC1C(C)(C)C(=O)NCCC(=O)NCCC(=O)ON1C(=O)CCC1=O. The molecule has 2 unspecified atom stereocenters. The number of nitrogens with zero attached hydrogens (tertiary/aromatic N) is 3. The fourth-order valence-electron chi connectivity index (χ4n) is 3.73. The molecule has 2 atom stereocenters. The van der Waals surface area contributed by atoms with Gasteiger partial charge < -0.3 is 20.4 Å². The topological polar surface area (TPSA) is 128 Å². The van der Waals surface area contributed by atoms with Crippen molar-refractivity contribution in [3.8, 4) is 0 Å². The van der Waals surface area contributed by atoms with E-state index in [4.69, 9.17) is 6.21 Å². The number of nitrogens with one attached hydrogen (secondary N) is 2.